The van der Waals surface area contributed by atoms with Crippen LogP contribution in [0.4, 0.5) is 4.79 Å². The number of fused-ring (bicyclic) bond motifs is 3. The van der Waals surface area contributed by atoms with Gasteiger partial charge in [0.15, 0.2) is 0 Å². The van der Waals surface area contributed by atoms with E-state index in [9.17, 15) is 4.79 Å². The minimum Gasteiger partial charge on any atom is -0.337 e. The summed E-state index contributed by atoms with van der Waals surface area (Å²) in [6.45, 7) is 5.63. The molecule has 0 spiro atoms. The third kappa shape index (κ3) is 3.32. The van der Waals surface area contributed by atoms with Gasteiger partial charge < -0.3 is 10.2 Å². The van der Waals surface area contributed by atoms with E-state index in [1.54, 1.807) is 4.88 Å². The number of carbonyl (C=O) groups is 1. The first-order valence-electron chi connectivity index (χ1n) is 9.23. The van der Waals surface area contributed by atoms with Crippen molar-refractivity contribution in [3.63, 3.8) is 0 Å². The number of hydrogen-bond donors (Lipinski definition) is 1. The Labute approximate surface area is 148 Å². The third-order valence-corrected chi connectivity index (χ3v) is 7.05. The van der Waals surface area contributed by atoms with Gasteiger partial charge in [-0.05, 0) is 49.7 Å². The van der Waals surface area contributed by atoms with Gasteiger partial charge in [0.1, 0.15) is 0 Å². The van der Waals surface area contributed by atoms with E-state index < -0.39 is 0 Å². The van der Waals surface area contributed by atoms with Gasteiger partial charge in [0.05, 0.1) is 0 Å². The average molecular weight is 349 g/mol. The molecule has 2 saturated heterocycles. The molecule has 2 unspecified atom stereocenters. The first-order valence-corrected chi connectivity index (χ1v) is 10.1. The Morgan fingerprint density at radius 2 is 2.17 bits per heavy atom. The van der Waals surface area contributed by atoms with E-state index >= 15 is 0 Å². The molecule has 1 N–H and O–H groups in total. The average Bonchev–Trinajstić information content (AvgIpc) is 3.11. The number of nitrogens with one attached hydrogen (secondary N) is 1. The summed E-state index contributed by atoms with van der Waals surface area (Å²) in [7, 11) is 2.22. The summed E-state index contributed by atoms with van der Waals surface area (Å²) in [5, 5.41) is 5.34. The lowest BCUT2D eigenvalue weighted by Crippen LogP contribution is -2.46. The second-order valence-corrected chi connectivity index (χ2v) is 8.41. The largest absolute Gasteiger partial charge is 0.337 e. The van der Waals surface area contributed by atoms with Gasteiger partial charge >= 0.3 is 6.03 Å². The highest BCUT2D eigenvalue weighted by molar-refractivity contribution is 7.10. The van der Waals surface area contributed by atoms with Crippen molar-refractivity contribution < 1.29 is 4.79 Å². The van der Waals surface area contributed by atoms with Gasteiger partial charge in [0, 0.05) is 56.2 Å². The van der Waals surface area contributed by atoms with Crippen molar-refractivity contribution in [3.05, 3.63) is 21.9 Å². The molecule has 2 fully saturated rings. The number of carbonyl (C=O) groups excluding carboxylic acids is 1. The number of nitrogens with zero attached hydrogens (tertiary/aromatic N) is 3. The quantitative estimate of drug-likeness (QED) is 0.908. The molecule has 132 valence electrons. The molecule has 1 aromatic rings. The van der Waals surface area contributed by atoms with Crippen LogP contribution in [0.5, 0.6) is 0 Å². The Bertz CT molecular complexity index is 589. The monoisotopic (exact) mass is 348 g/mol. The fraction of sp³-hybridized carbons (Fsp3) is 0.722. The van der Waals surface area contributed by atoms with E-state index in [0.717, 1.165) is 52.1 Å². The van der Waals surface area contributed by atoms with Crippen LogP contribution in [0.25, 0.3) is 0 Å². The van der Waals surface area contributed by atoms with E-state index in [1.807, 2.05) is 16.2 Å². The summed E-state index contributed by atoms with van der Waals surface area (Å²) in [5.41, 5.74) is 1.48. The Balaban J connectivity index is 1.23. The fourth-order valence-electron chi connectivity index (χ4n) is 4.42. The van der Waals surface area contributed by atoms with Crippen LogP contribution in [0.1, 0.15) is 29.7 Å². The summed E-state index contributed by atoms with van der Waals surface area (Å²) in [6, 6.07) is 3.61. The molecule has 4 heterocycles. The van der Waals surface area contributed by atoms with Gasteiger partial charge in [-0.1, -0.05) is 0 Å². The van der Waals surface area contributed by atoms with Crippen molar-refractivity contribution in [2.75, 3.05) is 39.8 Å². The number of amides is 2. The second-order valence-electron chi connectivity index (χ2n) is 7.41. The predicted octanol–water partition coefficient (Wildman–Crippen LogP) is 1.98. The topological polar surface area (TPSA) is 38.8 Å². The molecule has 4 rings (SSSR count). The molecule has 24 heavy (non-hydrogen) atoms. The van der Waals surface area contributed by atoms with E-state index in [2.05, 4.69) is 33.6 Å². The summed E-state index contributed by atoms with van der Waals surface area (Å²) < 4.78 is 0. The zero-order chi connectivity index (χ0) is 16.5. The maximum Gasteiger partial charge on any atom is 0.317 e. The smallest absolute Gasteiger partial charge is 0.317 e. The highest BCUT2D eigenvalue weighted by Crippen LogP contribution is 2.28. The molecule has 0 aliphatic carbocycles. The normalized spacial score (nSPS) is 27.8. The highest BCUT2D eigenvalue weighted by atomic mass is 32.1. The van der Waals surface area contributed by atoms with Crippen LogP contribution in [0.3, 0.4) is 0 Å². The standard InChI is InChI=1S/C18H28N4OS/c1-20-15-2-3-16(20)13-22(9-4-15)18(23)19-7-10-21-8-5-17-14(12-21)6-11-24-17/h6,11,15-16H,2-5,7-10,12-13H2,1H3,(H,19,23). The molecule has 2 bridgehead atoms. The lowest BCUT2D eigenvalue weighted by Gasteiger charge is -2.28. The van der Waals surface area contributed by atoms with Gasteiger partial charge in [0.2, 0.25) is 0 Å². The van der Waals surface area contributed by atoms with Gasteiger partial charge in [-0.15, -0.1) is 11.3 Å². The Kier molecular flexibility index (Phi) is 4.79. The number of likely N-dealkylation sites (N-methyl/N-ethyl adjacent to an activating group) is 1. The van der Waals surface area contributed by atoms with E-state index in [4.69, 9.17) is 0 Å². The number of hydrogen-bond acceptors (Lipinski definition) is 4. The zero-order valence-corrected chi connectivity index (χ0v) is 15.4. The maximum atomic E-state index is 12.5. The summed E-state index contributed by atoms with van der Waals surface area (Å²) in [5.74, 6) is 0. The molecule has 3 aliphatic heterocycles. The SMILES string of the molecule is CN1C2CCC1CN(C(=O)NCCN1CCc3sccc3C1)CC2. The fourth-order valence-corrected chi connectivity index (χ4v) is 5.31. The first-order chi connectivity index (χ1) is 11.7. The van der Waals surface area contributed by atoms with Crippen LogP contribution >= 0.6 is 11.3 Å². The van der Waals surface area contributed by atoms with Crippen LogP contribution < -0.4 is 5.32 Å². The van der Waals surface area contributed by atoms with Crippen molar-refractivity contribution in [1.29, 1.82) is 0 Å². The minimum atomic E-state index is 0.129. The van der Waals surface area contributed by atoms with Crippen molar-refractivity contribution in [2.45, 2.75) is 44.3 Å². The summed E-state index contributed by atoms with van der Waals surface area (Å²) >= 11 is 1.88. The molecular formula is C18H28N4OS. The van der Waals surface area contributed by atoms with Crippen LogP contribution in [0.2, 0.25) is 0 Å². The molecule has 1 aromatic heterocycles. The van der Waals surface area contributed by atoms with Crippen LogP contribution in [0, 0.1) is 0 Å². The predicted molar refractivity (Wildman–Crippen MR) is 97.5 cm³/mol. The molecule has 0 radical (unpaired) electrons. The van der Waals surface area contributed by atoms with Crippen LogP contribution in [0.15, 0.2) is 11.4 Å². The van der Waals surface area contributed by atoms with Crippen molar-refractivity contribution in [3.8, 4) is 0 Å². The van der Waals surface area contributed by atoms with Crippen LogP contribution in [-0.4, -0.2) is 72.6 Å². The lowest BCUT2D eigenvalue weighted by molar-refractivity contribution is 0.185. The Morgan fingerprint density at radius 3 is 3.08 bits per heavy atom. The van der Waals surface area contributed by atoms with Gasteiger partial charge in [-0.3, -0.25) is 9.80 Å². The van der Waals surface area contributed by atoms with E-state index in [-0.39, 0.29) is 6.03 Å². The Hall–Kier alpha value is -1.11. The van der Waals surface area contributed by atoms with E-state index in [1.165, 1.54) is 18.4 Å². The minimum absolute atomic E-state index is 0.129. The van der Waals surface area contributed by atoms with E-state index in [0.29, 0.717) is 12.1 Å². The van der Waals surface area contributed by atoms with Crippen molar-refractivity contribution in [1.82, 2.24) is 20.0 Å². The number of thiophene rings is 1. The molecular weight excluding hydrogens is 320 g/mol. The Morgan fingerprint density at radius 1 is 1.29 bits per heavy atom. The molecule has 2 amide bonds. The second kappa shape index (κ2) is 7.02. The number of likely N-dealkylation sites (tertiary alicyclic amines) is 1. The highest BCUT2D eigenvalue weighted by Gasteiger charge is 2.35. The first kappa shape index (κ1) is 16.4. The van der Waals surface area contributed by atoms with Gasteiger partial charge in [-0.25, -0.2) is 4.79 Å². The molecule has 0 saturated carbocycles. The van der Waals surface area contributed by atoms with Crippen LogP contribution in [-0.2, 0) is 13.0 Å². The maximum absolute atomic E-state index is 12.5. The number of urea groups is 1. The van der Waals surface area contributed by atoms with Gasteiger partial charge in [0.25, 0.3) is 0 Å². The molecule has 2 atom stereocenters. The molecule has 0 aromatic carbocycles. The summed E-state index contributed by atoms with van der Waals surface area (Å²) in [4.78, 5) is 21.0. The molecule has 5 nitrogen and oxygen atoms in total. The number of rotatable bonds is 3. The zero-order valence-electron chi connectivity index (χ0n) is 14.5. The molecule has 6 heteroatoms. The third-order valence-electron chi connectivity index (χ3n) is 6.03. The van der Waals surface area contributed by atoms with Crippen molar-refractivity contribution in [2.24, 2.45) is 0 Å². The molecule has 3 aliphatic rings. The van der Waals surface area contributed by atoms with Crippen molar-refractivity contribution >= 4 is 17.4 Å². The van der Waals surface area contributed by atoms with Gasteiger partial charge in [-0.2, -0.15) is 0 Å². The summed E-state index contributed by atoms with van der Waals surface area (Å²) in [6.07, 6.45) is 4.81. The lowest BCUT2D eigenvalue weighted by atomic mass is 10.1.